The van der Waals surface area contributed by atoms with Crippen LogP contribution in [0.2, 0.25) is 0 Å². The molecule has 2 rings (SSSR count). The van der Waals surface area contributed by atoms with E-state index in [4.69, 9.17) is 4.42 Å². The van der Waals surface area contributed by atoms with Crippen molar-refractivity contribution >= 4 is 17.2 Å². The molecule has 0 saturated heterocycles. The summed E-state index contributed by atoms with van der Waals surface area (Å²) in [5, 5.41) is 2.82. The Bertz CT molecular complexity index is 564. The van der Waals surface area contributed by atoms with Crippen LogP contribution < -0.4 is 5.32 Å². The molecule has 0 aliphatic carbocycles. The lowest BCUT2D eigenvalue weighted by molar-refractivity contribution is 0.0947. The molecular weight excluding hydrogens is 248 g/mol. The third-order valence-corrected chi connectivity index (χ3v) is 3.72. The average Bonchev–Trinajstić information content (AvgIpc) is 2.79. The second-order valence-electron chi connectivity index (χ2n) is 4.26. The van der Waals surface area contributed by atoms with E-state index in [0.717, 1.165) is 26.8 Å². The zero-order chi connectivity index (χ0) is 13.3. The highest BCUT2D eigenvalue weighted by atomic mass is 32.1. The molecule has 0 spiro atoms. The zero-order valence-corrected chi connectivity index (χ0v) is 11.8. The molecular formula is C13H16N2O2S. The summed E-state index contributed by atoms with van der Waals surface area (Å²) in [4.78, 5) is 18.4. The van der Waals surface area contributed by atoms with Crippen LogP contribution in [0.25, 0.3) is 0 Å². The standard InChI is InChI=1S/C13H16N2O2S/c1-7-5-11(10(4)18-7)13(16)14-6-12-15-8(2)9(3)17-12/h5H,6H2,1-4H3,(H,14,16). The molecule has 0 aliphatic rings. The van der Waals surface area contributed by atoms with Gasteiger partial charge in [0.05, 0.1) is 17.8 Å². The Morgan fingerprint density at radius 2 is 2.11 bits per heavy atom. The van der Waals surface area contributed by atoms with Gasteiger partial charge in [-0.3, -0.25) is 4.79 Å². The molecule has 1 amide bonds. The van der Waals surface area contributed by atoms with Crippen molar-refractivity contribution in [3.05, 3.63) is 38.7 Å². The molecule has 18 heavy (non-hydrogen) atoms. The van der Waals surface area contributed by atoms with Gasteiger partial charge in [-0.05, 0) is 33.8 Å². The van der Waals surface area contributed by atoms with Crippen LogP contribution in [0.3, 0.4) is 0 Å². The summed E-state index contributed by atoms with van der Waals surface area (Å²) in [5.74, 6) is 1.26. The number of carbonyl (C=O) groups excluding carboxylic acids is 1. The van der Waals surface area contributed by atoms with Gasteiger partial charge in [0.15, 0.2) is 0 Å². The lowest BCUT2D eigenvalue weighted by Gasteiger charge is -2.01. The molecule has 0 atom stereocenters. The van der Waals surface area contributed by atoms with Gasteiger partial charge in [-0.2, -0.15) is 0 Å². The number of rotatable bonds is 3. The fraction of sp³-hybridized carbons (Fsp3) is 0.385. The van der Waals surface area contributed by atoms with E-state index < -0.39 is 0 Å². The summed E-state index contributed by atoms with van der Waals surface area (Å²) in [6, 6.07) is 1.90. The first-order valence-corrected chi connectivity index (χ1v) is 6.57. The number of oxazole rings is 1. The van der Waals surface area contributed by atoms with Crippen LogP contribution in [-0.4, -0.2) is 10.9 Å². The Morgan fingerprint density at radius 1 is 1.39 bits per heavy atom. The van der Waals surface area contributed by atoms with E-state index in [1.807, 2.05) is 33.8 Å². The number of thiophene rings is 1. The van der Waals surface area contributed by atoms with Crippen LogP contribution >= 0.6 is 11.3 Å². The van der Waals surface area contributed by atoms with Gasteiger partial charge in [-0.1, -0.05) is 0 Å². The molecule has 2 heterocycles. The Labute approximate surface area is 110 Å². The molecule has 0 radical (unpaired) electrons. The summed E-state index contributed by atoms with van der Waals surface area (Å²) < 4.78 is 5.41. The third kappa shape index (κ3) is 2.61. The van der Waals surface area contributed by atoms with E-state index in [1.54, 1.807) is 11.3 Å². The van der Waals surface area contributed by atoms with Crippen LogP contribution in [-0.2, 0) is 6.54 Å². The van der Waals surface area contributed by atoms with Crippen molar-refractivity contribution in [3.8, 4) is 0 Å². The lowest BCUT2D eigenvalue weighted by Crippen LogP contribution is -2.23. The summed E-state index contributed by atoms with van der Waals surface area (Å²) >= 11 is 1.63. The number of nitrogens with one attached hydrogen (secondary N) is 1. The second-order valence-corrected chi connectivity index (χ2v) is 5.72. The molecule has 0 unspecified atom stereocenters. The first-order chi connectivity index (χ1) is 8.47. The van der Waals surface area contributed by atoms with Crippen LogP contribution in [0.4, 0.5) is 0 Å². The predicted molar refractivity (Wildman–Crippen MR) is 70.9 cm³/mol. The largest absolute Gasteiger partial charge is 0.444 e. The van der Waals surface area contributed by atoms with E-state index in [2.05, 4.69) is 10.3 Å². The quantitative estimate of drug-likeness (QED) is 0.927. The summed E-state index contributed by atoms with van der Waals surface area (Å²) in [7, 11) is 0. The first kappa shape index (κ1) is 12.8. The Balaban J connectivity index is 2.02. The Kier molecular flexibility index (Phi) is 3.52. The average molecular weight is 264 g/mol. The first-order valence-electron chi connectivity index (χ1n) is 5.75. The molecule has 96 valence electrons. The van der Waals surface area contributed by atoms with Crippen LogP contribution in [0.15, 0.2) is 10.5 Å². The van der Waals surface area contributed by atoms with Crippen molar-refractivity contribution in [1.29, 1.82) is 0 Å². The molecule has 0 bridgehead atoms. The molecule has 1 N–H and O–H groups in total. The minimum atomic E-state index is -0.0784. The maximum Gasteiger partial charge on any atom is 0.252 e. The molecule has 2 aromatic rings. The summed E-state index contributed by atoms with van der Waals surface area (Å²) in [5.41, 5.74) is 1.60. The number of aryl methyl sites for hydroxylation is 4. The topological polar surface area (TPSA) is 55.1 Å². The second kappa shape index (κ2) is 4.94. The highest BCUT2D eigenvalue weighted by molar-refractivity contribution is 7.12. The number of hydrogen-bond donors (Lipinski definition) is 1. The molecule has 2 aromatic heterocycles. The zero-order valence-electron chi connectivity index (χ0n) is 11.0. The van der Waals surface area contributed by atoms with Gasteiger partial charge in [0.2, 0.25) is 5.89 Å². The van der Waals surface area contributed by atoms with Crippen molar-refractivity contribution in [1.82, 2.24) is 10.3 Å². The predicted octanol–water partition coefficient (Wildman–Crippen LogP) is 2.90. The molecule has 5 heteroatoms. The minimum absolute atomic E-state index is 0.0784. The van der Waals surface area contributed by atoms with Crippen molar-refractivity contribution in [2.24, 2.45) is 0 Å². The summed E-state index contributed by atoms with van der Waals surface area (Å²) in [6.07, 6.45) is 0. The van der Waals surface area contributed by atoms with Gasteiger partial charge in [-0.15, -0.1) is 11.3 Å². The van der Waals surface area contributed by atoms with E-state index in [0.29, 0.717) is 12.4 Å². The van der Waals surface area contributed by atoms with Crippen molar-refractivity contribution in [2.75, 3.05) is 0 Å². The Morgan fingerprint density at radius 3 is 2.61 bits per heavy atom. The fourth-order valence-electron chi connectivity index (χ4n) is 1.72. The monoisotopic (exact) mass is 264 g/mol. The van der Waals surface area contributed by atoms with Gasteiger partial charge >= 0.3 is 0 Å². The van der Waals surface area contributed by atoms with Gasteiger partial charge < -0.3 is 9.73 Å². The van der Waals surface area contributed by atoms with Crippen LogP contribution in [0.1, 0.15) is 37.5 Å². The van der Waals surface area contributed by atoms with E-state index >= 15 is 0 Å². The molecule has 0 aromatic carbocycles. The highest BCUT2D eigenvalue weighted by Crippen LogP contribution is 2.20. The number of nitrogens with zero attached hydrogens (tertiary/aromatic N) is 1. The Hall–Kier alpha value is -1.62. The smallest absolute Gasteiger partial charge is 0.252 e. The van der Waals surface area contributed by atoms with Crippen molar-refractivity contribution in [2.45, 2.75) is 34.2 Å². The number of carbonyl (C=O) groups is 1. The lowest BCUT2D eigenvalue weighted by atomic mass is 10.2. The molecule has 4 nitrogen and oxygen atoms in total. The van der Waals surface area contributed by atoms with E-state index in [1.165, 1.54) is 0 Å². The van der Waals surface area contributed by atoms with Gasteiger partial charge in [0, 0.05) is 9.75 Å². The molecule has 0 aliphatic heterocycles. The number of aromatic nitrogens is 1. The van der Waals surface area contributed by atoms with Crippen molar-refractivity contribution in [3.63, 3.8) is 0 Å². The minimum Gasteiger partial charge on any atom is -0.444 e. The van der Waals surface area contributed by atoms with Gasteiger partial charge in [-0.25, -0.2) is 4.98 Å². The van der Waals surface area contributed by atoms with E-state index in [9.17, 15) is 4.79 Å². The third-order valence-electron chi connectivity index (χ3n) is 2.76. The molecule has 0 saturated carbocycles. The highest BCUT2D eigenvalue weighted by Gasteiger charge is 2.13. The molecule has 0 fully saturated rings. The summed E-state index contributed by atoms with van der Waals surface area (Å²) in [6.45, 7) is 8.01. The van der Waals surface area contributed by atoms with Gasteiger partial charge in [0.25, 0.3) is 5.91 Å². The fourth-order valence-corrected chi connectivity index (χ4v) is 2.64. The SMILES string of the molecule is Cc1cc(C(=O)NCc2nc(C)c(C)o2)c(C)s1. The van der Waals surface area contributed by atoms with Crippen LogP contribution in [0, 0.1) is 27.7 Å². The maximum atomic E-state index is 12.0. The van der Waals surface area contributed by atoms with Crippen LogP contribution in [0.5, 0.6) is 0 Å². The normalized spacial score (nSPS) is 10.7. The van der Waals surface area contributed by atoms with Crippen molar-refractivity contribution < 1.29 is 9.21 Å². The maximum absolute atomic E-state index is 12.0. The number of amides is 1. The van der Waals surface area contributed by atoms with E-state index in [-0.39, 0.29) is 5.91 Å². The number of hydrogen-bond acceptors (Lipinski definition) is 4. The van der Waals surface area contributed by atoms with Gasteiger partial charge in [0.1, 0.15) is 5.76 Å².